The molecule has 0 aliphatic carbocycles. The van der Waals surface area contributed by atoms with Gasteiger partial charge in [0, 0.05) is 37.9 Å². The molecule has 1 unspecified atom stereocenters. The summed E-state index contributed by atoms with van der Waals surface area (Å²) in [6, 6.07) is 7.50. The van der Waals surface area contributed by atoms with Crippen LogP contribution in [0.25, 0.3) is 0 Å². The molecule has 2 fully saturated rings. The largest absolute Gasteiger partial charge is 0.379 e. The summed E-state index contributed by atoms with van der Waals surface area (Å²) >= 11 is 0. The quantitative estimate of drug-likeness (QED) is 0.910. The number of hydrogen-bond donors (Lipinski definition) is 1. The van der Waals surface area contributed by atoms with Crippen LogP contribution in [0.2, 0.25) is 0 Å². The maximum Gasteiger partial charge on any atom is 0.0594 e. The van der Waals surface area contributed by atoms with E-state index in [0.29, 0.717) is 6.04 Å². The minimum absolute atomic E-state index is 0.692. The van der Waals surface area contributed by atoms with Crippen LogP contribution < -0.4 is 10.6 Å². The molecule has 4 heteroatoms. The van der Waals surface area contributed by atoms with Crippen molar-refractivity contribution in [2.45, 2.75) is 25.8 Å². The first kappa shape index (κ1) is 14.8. The number of morpholine rings is 1. The molecule has 3 rings (SSSR count). The summed E-state index contributed by atoms with van der Waals surface area (Å²) in [5, 5.41) is 0. The second-order valence-corrected chi connectivity index (χ2v) is 6.20. The Morgan fingerprint density at radius 1 is 1.24 bits per heavy atom. The van der Waals surface area contributed by atoms with Crippen molar-refractivity contribution in [3.63, 3.8) is 0 Å². The zero-order valence-electron chi connectivity index (χ0n) is 13.1. The van der Waals surface area contributed by atoms with E-state index in [-0.39, 0.29) is 0 Å². The van der Waals surface area contributed by atoms with E-state index in [0.717, 1.165) is 45.8 Å². The predicted molar refractivity (Wildman–Crippen MR) is 86.9 cm³/mol. The molecule has 4 nitrogen and oxygen atoms in total. The number of ether oxygens (including phenoxy) is 1. The first-order chi connectivity index (χ1) is 10.3. The van der Waals surface area contributed by atoms with Gasteiger partial charge in [0.25, 0.3) is 0 Å². The molecule has 0 spiro atoms. The van der Waals surface area contributed by atoms with Gasteiger partial charge in [-0.25, -0.2) is 0 Å². The monoisotopic (exact) mass is 289 g/mol. The van der Waals surface area contributed by atoms with E-state index in [1.807, 2.05) is 0 Å². The predicted octanol–water partition coefficient (Wildman–Crippen LogP) is 1.41. The molecule has 2 saturated heterocycles. The van der Waals surface area contributed by atoms with Crippen molar-refractivity contribution in [3.8, 4) is 0 Å². The molecule has 0 radical (unpaired) electrons. The van der Waals surface area contributed by atoms with Gasteiger partial charge in [0.2, 0.25) is 0 Å². The van der Waals surface area contributed by atoms with Gasteiger partial charge in [0.15, 0.2) is 0 Å². The molecular weight excluding hydrogens is 262 g/mol. The molecule has 1 aromatic carbocycles. The third-order valence-corrected chi connectivity index (χ3v) is 4.76. The van der Waals surface area contributed by atoms with E-state index in [1.165, 1.54) is 29.8 Å². The van der Waals surface area contributed by atoms with Crippen LogP contribution in [-0.2, 0) is 11.2 Å². The first-order valence-electron chi connectivity index (χ1n) is 8.14. The van der Waals surface area contributed by atoms with Crippen LogP contribution in [0.5, 0.6) is 0 Å². The molecule has 1 atom stereocenters. The zero-order chi connectivity index (χ0) is 14.7. The van der Waals surface area contributed by atoms with Gasteiger partial charge in [0.1, 0.15) is 0 Å². The Balaban J connectivity index is 1.65. The van der Waals surface area contributed by atoms with Crippen LogP contribution in [0.15, 0.2) is 18.2 Å². The second-order valence-electron chi connectivity index (χ2n) is 6.20. The van der Waals surface area contributed by atoms with Gasteiger partial charge in [-0.05, 0) is 43.5 Å². The van der Waals surface area contributed by atoms with Gasteiger partial charge in [-0.3, -0.25) is 4.90 Å². The van der Waals surface area contributed by atoms with Crippen LogP contribution in [0, 0.1) is 6.92 Å². The molecule has 0 saturated carbocycles. The SMILES string of the molecule is Cc1cc(CCN)ccc1N1CCC(N2CCOCC2)C1. The summed E-state index contributed by atoms with van der Waals surface area (Å²) < 4.78 is 5.46. The van der Waals surface area contributed by atoms with Crippen LogP contribution in [0.1, 0.15) is 17.5 Å². The van der Waals surface area contributed by atoms with E-state index in [9.17, 15) is 0 Å². The summed E-state index contributed by atoms with van der Waals surface area (Å²) in [6.07, 6.45) is 2.24. The van der Waals surface area contributed by atoms with E-state index >= 15 is 0 Å². The van der Waals surface area contributed by atoms with Crippen LogP contribution in [0.3, 0.4) is 0 Å². The Kier molecular flexibility index (Phi) is 4.78. The summed E-state index contributed by atoms with van der Waals surface area (Å²) in [4.78, 5) is 5.14. The standard InChI is InChI=1S/C17H27N3O/c1-14-12-15(4-6-18)2-3-17(14)20-7-5-16(13-20)19-8-10-21-11-9-19/h2-3,12,16H,4-11,13,18H2,1H3. The number of benzene rings is 1. The maximum absolute atomic E-state index is 5.65. The van der Waals surface area contributed by atoms with Gasteiger partial charge in [-0.1, -0.05) is 12.1 Å². The Labute approximate surface area is 127 Å². The lowest BCUT2D eigenvalue weighted by atomic mass is 10.1. The highest BCUT2D eigenvalue weighted by molar-refractivity contribution is 5.55. The Bertz CT molecular complexity index is 471. The number of nitrogens with two attached hydrogens (primary N) is 1. The van der Waals surface area contributed by atoms with Crippen molar-refractivity contribution in [3.05, 3.63) is 29.3 Å². The van der Waals surface area contributed by atoms with Crippen LogP contribution in [-0.4, -0.2) is 56.9 Å². The van der Waals surface area contributed by atoms with E-state index in [1.54, 1.807) is 0 Å². The lowest BCUT2D eigenvalue weighted by Crippen LogP contribution is -2.44. The molecule has 2 heterocycles. The number of anilines is 1. The average Bonchev–Trinajstić information content (AvgIpc) is 2.98. The molecule has 21 heavy (non-hydrogen) atoms. The van der Waals surface area contributed by atoms with E-state index in [2.05, 4.69) is 34.9 Å². The highest BCUT2D eigenvalue weighted by Crippen LogP contribution is 2.27. The second kappa shape index (κ2) is 6.77. The Morgan fingerprint density at radius 3 is 2.76 bits per heavy atom. The number of hydrogen-bond acceptors (Lipinski definition) is 4. The van der Waals surface area contributed by atoms with Gasteiger partial charge in [0.05, 0.1) is 13.2 Å². The molecule has 2 aliphatic rings. The summed E-state index contributed by atoms with van der Waals surface area (Å²) in [7, 11) is 0. The molecule has 116 valence electrons. The highest BCUT2D eigenvalue weighted by Gasteiger charge is 2.29. The summed E-state index contributed by atoms with van der Waals surface area (Å²) in [6.45, 7) is 9.22. The zero-order valence-corrected chi connectivity index (χ0v) is 13.1. The van der Waals surface area contributed by atoms with Gasteiger partial charge < -0.3 is 15.4 Å². The van der Waals surface area contributed by atoms with Crippen LogP contribution >= 0.6 is 0 Å². The van der Waals surface area contributed by atoms with Crippen molar-refractivity contribution >= 4 is 5.69 Å². The maximum atomic E-state index is 5.65. The van der Waals surface area contributed by atoms with Crippen molar-refractivity contribution in [1.82, 2.24) is 4.90 Å². The van der Waals surface area contributed by atoms with Crippen LogP contribution in [0.4, 0.5) is 5.69 Å². The fraction of sp³-hybridized carbons (Fsp3) is 0.647. The van der Waals surface area contributed by atoms with E-state index < -0.39 is 0 Å². The van der Waals surface area contributed by atoms with Gasteiger partial charge in [-0.15, -0.1) is 0 Å². The fourth-order valence-corrected chi connectivity index (χ4v) is 3.60. The number of nitrogens with zero attached hydrogens (tertiary/aromatic N) is 2. The lowest BCUT2D eigenvalue weighted by Gasteiger charge is -2.32. The van der Waals surface area contributed by atoms with Gasteiger partial charge >= 0.3 is 0 Å². The van der Waals surface area contributed by atoms with E-state index in [4.69, 9.17) is 10.5 Å². The number of rotatable bonds is 4. The van der Waals surface area contributed by atoms with Crippen molar-refractivity contribution in [1.29, 1.82) is 0 Å². The minimum Gasteiger partial charge on any atom is -0.379 e. The Morgan fingerprint density at radius 2 is 2.05 bits per heavy atom. The van der Waals surface area contributed by atoms with Crippen molar-refractivity contribution < 1.29 is 4.74 Å². The summed E-state index contributed by atoms with van der Waals surface area (Å²) in [5.74, 6) is 0. The molecule has 1 aromatic rings. The topological polar surface area (TPSA) is 41.7 Å². The van der Waals surface area contributed by atoms with Crippen molar-refractivity contribution in [2.75, 3.05) is 50.8 Å². The molecular formula is C17H27N3O. The lowest BCUT2D eigenvalue weighted by molar-refractivity contribution is 0.0209. The smallest absolute Gasteiger partial charge is 0.0594 e. The molecule has 2 N–H and O–H groups in total. The van der Waals surface area contributed by atoms with Gasteiger partial charge in [-0.2, -0.15) is 0 Å². The average molecular weight is 289 g/mol. The summed E-state index contributed by atoms with van der Waals surface area (Å²) in [5.41, 5.74) is 9.77. The third-order valence-electron chi connectivity index (χ3n) is 4.76. The minimum atomic E-state index is 0.692. The fourth-order valence-electron chi connectivity index (χ4n) is 3.60. The first-order valence-corrected chi connectivity index (χ1v) is 8.14. The molecule has 2 aliphatic heterocycles. The number of aryl methyl sites for hydroxylation is 1. The highest BCUT2D eigenvalue weighted by atomic mass is 16.5. The molecule has 0 amide bonds. The normalized spacial score (nSPS) is 23.7. The third kappa shape index (κ3) is 3.39. The molecule has 0 aromatic heterocycles. The van der Waals surface area contributed by atoms with Crippen molar-refractivity contribution in [2.24, 2.45) is 5.73 Å². The Hall–Kier alpha value is -1.10. The molecule has 0 bridgehead atoms.